The molecule has 0 fully saturated rings. The first-order valence-electron chi connectivity index (χ1n) is 8.27. The standard InChI is InChI=1S/C21H15N3O2S/c25-19-16(20(26)24-21-22-11-12-27-21)13-23-18(15-9-5-2-6-10-15)17(19)14-7-3-1-4-8-14/h1-13H,(H,23,25)(H,22,24,26). The first kappa shape index (κ1) is 16.9. The van der Waals surface area contributed by atoms with Crippen molar-refractivity contribution in [3.63, 3.8) is 0 Å². The van der Waals surface area contributed by atoms with Crippen molar-refractivity contribution in [1.82, 2.24) is 9.97 Å². The molecule has 5 nitrogen and oxygen atoms in total. The van der Waals surface area contributed by atoms with Gasteiger partial charge in [0.05, 0.1) is 11.3 Å². The van der Waals surface area contributed by atoms with Crippen LogP contribution in [0.25, 0.3) is 22.4 Å². The first-order chi connectivity index (χ1) is 13.2. The lowest BCUT2D eigenvalue weighted by Crippen LogP contribution is -2.13. The minimum Gasteiger partial charge on any atom is -0.506 e. The zero-order chi connectivity index (χ0) is 18.6. The average molecular weight is 373 g/mol. The van der Waals surface area contributed by atoms with Gasteiger partial charge in [-0.1, -0.05) is 60.7 Å². The van der Waals surface area contributed by atoms with E-state index in [0.29, 0.717) is 16.4 Å². The van der Waals surface area contributed by atoms with Gasteiger partial charge in [-0.3, -0.25) is 15.1 Å². The molecule has 0 spiro atoms. The summed E-state index contributed by atoms with van der Waals surface area (Å²) in [6, 6.07) is 19.0. The predicted molar refractivity (Wildman–Crippen MR) is 107 cm³/mol. The van der Waals surface area contributed by atoms with Gasteiger partial charge in [-0.05, 0) is 5.56 Å². The third-order valence-corrected chi connectivity index (χ3v) is 4.75. The maximum Gasteiger partial charge on any atom is 0.262 e. The summed E-state index contributed by atoms with van der Waals surface area (Å²) in [6.45, 7) is 0. The molecule has 0 aliphatic carbocycles. The number of nitrogens with zero attached hydrogens (tertiary/aromatic N) is 2. The molecule has 0 saturated carbocycles. The van der Waals surface area contributed by atoms with Crippen molar-refractivity contribution < 1.29 is 9.90 Å². The molecule has 4 aromatic rings. The minimum absolute atomic E-state index is 0.101. The van der Waals surface area contributed by atoms with Gasteiger partial charge in [0.15, 0.2) is 5.13 Å². The number of rotatable bonds is 4. The Morgan fingerprint density at radius 1 is 0.926 bits per heavy atom. The van der Waals surface area contributed by atoms with Gasteiger partial charge in [0.25, 0.3) is 5.91 Å². The SMILES string of the molecule is O=C(Nc1nccs1)c1cnc(-c2ccccc2)c(-c2ccccc2)c1O. The van der Waals surface area contributed by atoms with Crippen LogP contribution in [0.1, 0.15) is 10.4 Å². The molecule has 0 radical (unpaired) electrons. The van der Waals surface area contributed by atoms with Crippen LogP contribution >= 0.6 is 11.3 Å². The maximum atomic E-state index is 12.6. The zero-order valence-corrected chi connectivity index (χ0v) is 15.0. The van der Waals surface area contributed by atoms with Crippen LogP contribution in [0.4, 0.5) is 5.13 Å². The fourth-order valence-corrected chi connectivity index (χ4v) is 3.33. The number of benzene rings is 2. The molecule has 0 bridgehead atoms. The second kappa shape index (κ2) is 7.39. The summed E-state index contributed by atoms with van der Waals surface area (Å²) < 4.78 is 0. The number of hydrogen-bond donors (Lipinski definition) is 2. The molecule has 0 aliphatic heterocycles. The van der Waals surface area contributed by atoms with Crippen molar-refractivity contribution in [3.05, 3.63) is 84.0 Å². The van der Waals surface area contributed by atoms with Gasteiger partial charge < -0.3 is 5.11 Å². The van der Waals surface area contributed by atoms with E-state index >= 15 is 0 Å². The van der Waals surface area contributed by atoms with Crippen LogP contribution in [0, 0.1) is 0 Å². The Kier molecular flexibility index (Phi) is 4.63. The van der Waals surface area contributed by atoms with E-state index in [1.807, 2.05) is 60.7 Å². The van der Waals surface area contributed by atoms with Gasteiger partial charge in [-0.15, -0.1) is 11.3 Å². The van der Waals surface area contributed by atoms with Gasteiger partial charge >= 0.3 is 0 Å². The topological polar surface area (TPSA) is 75.1 Å². The second-order valence-corrected chi connectivity index (χ2v) is 6.66. The molecule has 2 aromatic carbocycles. The Bertz CT molecular complexity index is 1070. The smallest absolute Gasteiger partial charge is 0.262 e. The molecule has 0 aliphatic rings. The first-order valence-corrected chi connectivity index (χ1v) is 9.15. The molecule has 6 heteroatoms. The van der Waals surface area contributed by atoms with Gasteiger partial charge in [0, 0.05) is 23.3 Å². The third kappa shape index (κ3) is 3.43. The number of amides is 1. The number of thiazole rings is 1. The van der Waals surface area contributed by atoms with Gasteiger partial charge in [-0.2, -0.15) is 0 Å². The summed E-state index contributed by atoms with van der Waals surface area (Å²) in [4.78, 5) is 21.2. The largest absolute Gasteiger partial charge is 0.506 e. The second-order valence-electron chi connectivity index (χ2n) is 5.77. The highest BCUT2D eigenvalue weighted by molar-refractivity contribution is 7.13. The highest BCUT2D eigenvalue weighted by Gasteiger charge is 2.21. The van der Waals surface area contributed by atoms with Crippen LogP contribution in [0.5, 0.6) is 5.75 Å². The van der Waals surface area contributed by atoms with Crippen LogP contribution in [-0.2, 0) is 0 Å². The lowest BCUT2D eigenvalue weighted by Gasteiger charge is -2.14. The van der Waals surface area contributed by atoms with Crippen molar-refractivity contribution in [2.75, 3.05) is 5.32 Å². The van der Waals surface area contributed by atoms with E-state index in [1.54, 1.807) is 11.6 Å². The monoisotopic (exact) mass is 373 g/mol. The lowest BCUT2D eigenvalue weighted by atomic mass is 9.96. The summed E-state index contributed by atoms with van der Waals surface area (Å²) in [7, 11) is 0. The van der Waals surface area contributed by atoms with Crippen LogP contribution in [-0.4, -0.2) is 21.0 Å². The average Bonchev–Trinajstić information content (AvgIpc) is 3.22. The van der Waals surface area contributed by atoms with Crippen molar-refractivity contribution >= 4 is 22.4 Å². The predicted octanol–water partition coefficient (Wildman–Crippen LogP) is 4.83. The highest BCUT2D eigenvalue weighted by Crippen LogP contribution is 2.39. The van der Waals surface area contributed by atoms with E-state index in [2.05, 4.69) is 15.3 Å². The summed E-state index contributed by atoms with van der Waals surface area (Å²) >= 11 is 1.31. The molecule has 0 saturated heterocycles. The molecule has 0 atom stereocenters. The highest BCUT2D eigenvalue weighted by atomic mass is 32.1. The van der Waals surface area contributed by atoms with E-state index in [4.69, 9.17) is 0 Å². The summed E-state index contributed by atoms with van der Waals surface area (Å²) in [5.41, 5.74) is 2.88. The van der Waals surface area contributed by atoms with E-state index < -0.39 is 5.91 Å². The van der Waals surface area contributed by atoms with E-state index in [1.165, 1.54) is 17.5 Å². The summed E-state index contributed by atoms with van der Waals surface area (Å²) in [5.74, 6) is -0.559. The number of pyridine rings is 1. The summed E-state index contributed by atoms with van der Waals surface area (Å²) in [5, 5.41) is 15.9. The Morgan fingerprint density at radius 3 is 2.22 bits per heavy atom. The quantitative estimate of drug-likeness (QED) is 0.537. The van der Waals surface area contributed by atoms with Crippen molar-refractivity contribution in [1.29, 1.82) is 0 Å². The molecule has 132 valence electrons. The molecule has 27 heavy (non-hydrogen) atoms. The number of nitrogens with one attached hydrogen (secondary N) is 1. The fourth-order valence-electron chi connectivity index (χ4n) is 2.81. The minimum atomic E-state index is -0.452. The van der Waals surface area contributed by atoms with Crippen molar-refractivity contribution in [3.8, 4) is 28.1 Å². The van der Waals surface area contributed by atoms with Crippen molar-refractivity contribution in [2.45, 2.75) is 0 Å². The number of carbonyl (C=O) groups excluding carboxylic acids is 1. The molecule has 1 amide bonds. The van der Waals surface area contributed by atoms with Crippen LogP contribution in [0.3, 0.4) is 0 Å². The van der Waals surface area contributed by atoms with E-state index in [9.17, 15) is 9.90 Å². The lowest BCUT2D eigenvalue weighted by molar-refractivity contribution is 0.102. The molecular weight excluding hydrogens is 358 g/mol. The Labute approximate surface area is 160 Å². The zero-order valence-electron chi connectivity index (χ0n) is 14.2. The molecular formula is C21H15N3O2S. The fraction of sp³-hybridized carbons (Fsp3) is 0. The molecule has 2 heterocycles. The number of aromatic hydroxyl groups is 1. The normalized spacial score (nSPS) is 10.5. The Morgan fingerprint density at radius 2 is 1.59 bits per heavy atom. The van der Waals surface area contributed by atoms with E-state index in [0.717, 1.165) is 11.1 Å². The molecule has 2 N–H and O–H groups in total. The van der Waals surface area contributed by atoms with Gasteiger partial charge in [0.1, 0.15) is 11.3 Å². The van der Waals surface area contributed by atoms with Crippen LogP contribution < -0.4 is 5.32 Å². The van der Waals surface area contributed by atoms with Gasteiger partial charge in [0.2, 0.25) is 0 Å². The van der Waals surface area contributed by atoms with Gasteiger partial charge in [-0.25, -0.2) is 4.98 Å². The molecule has 4 rings (SSSR count). The van der Waals surface area contributed by atoms with E-state index in [-0.39, 0.29) is 11.3 Å². The number of aromatic nitrogens is 2. The van der Waals surface area contributed by atoms with Crippen LogP contribution in [0.15, 0.2) is 78.4 Å². The number of anilines is 1. The van der Waals surface area contributed by atoms with Crippen LogP contribution in [0.2, 0.25) is 0 Å². The molecule has 2 aromatic heterocycles. The number of hydrogen-bond acceptors (Lipinski definition) is 5. The Balaban J connectivity index is 1.85. The summed E-state index contributed by atoms with van der Waals surface area (Å²) in [6.07, 6.45) is 3.00. The Hall–Kier alpha value is -3.51. The number of carbonyl (C=O) groups is 1. The van der Waals surface area contributed by atoms with Crippen molar-refractivity contribution in [2.24, 2.45) is 0 Å². The molecule has 0 unspecified atom stereocenters. The third-order valence-electron chi connectivity index (χ3n) is 4.06. The maximum absolute atomic E-state index is 12.6.